The lowest BCUT2D eigenvalue weighted by molar-refractivity contribution is 0.197. The van der Waals surface area contributed by atoms with Gasteiger partial charge in [-0.05, 0) is 57.1 Å². The van der Waals surface area contributed by atoms with Gasteiger partial charge in [-0.2, -0.15) is 0 Å². The van der Waals surface area contributed by atoms with Gasteiger partial charge in [0.15, 0.2) is 10.8 Å². The van der Waals surface area contributed by atoms with Crippen LogP contribution in [0.4, 0.5) is 5.69 Å². The van der Waals surface area contributed by atoms with Crippen LogP contribution in [0.1, 0.15) is 24.8 Å². The molecule has 1 fully saturated rings. The molecule has 1 unspecified atom stereocenters. The molecular formula is C18H29N3OS. The zero-order valence-corrected chi connectivity index (χ0v) is 15.3. The molecule has 0 aromatic heterocycles. The Balaban J connectivity index is 1.45. The lowest BCUT2D eigenvalue weighted by Crippen LogP contribution is -2.37. The van der Waals surface area contributed by atoms with E-state index >= 15 is 0 Å². The summed E-state index contributed by atoms with van der Waals surface area (Å²) in [6, 6.07) is 6.47. The van der Waals surface area contributed by atoms with Crippen LogP contribution in [0.2, 0.25) is 0 Å². The molecule has 0 saturated carbocycles. The number of rotatable bonds is 6. The summed E-state index contributed by atoms with van der Waals surface area (Å²) in [7, 11) is 4.22. The average Bonchev–Trinajstić information content (AvgIpc) is 2.86. The number of piperidine rings is 1. The number of likely N-dealkylation sites (tertiary alicyclic amines) is 1. The molecular weight excluding hydrogens is 306 g/mol. The molecule has 5 heteroatoms. The van der Waals surface area contributed by atoms with Crippen LogP contribution >= 0.6 is 0 Å². The fourth-order valence-corrected chi connectivity index (χ4v) is 4.82. The Morgan fingerprint density at radius 1 is 1.17 bits per heavy atom. The van der Waals surface area contributed by atoms with Crippen molar-refractivity contribution in [2.75, 3.05) is 57.6 Å². The largest absolute Gasteiger partial charge is 0.610 e. The van der Waals surface area contributed by atoms with Crippen molar-refractivity contribution < 1.29 is 4.55 Å². The van der Waals surface area contributed by atoms with Gasteiger partial charge in [0.1, 0.15) is 0 Å². The molecule has 1 aromatic rings. The van der Waals surface area contributed by atoms with Crippen molar-refractivity contribution in [1.82, 2.24) is 9.80 Å². The molecule has 0 bridgehead atoms. The van der Waals surface area contributed by atoms with Crippen molar-refractivity contribution in [1.29, 1.82) is 0 Å². The summed E-state index contributed by atoms with van der Waals surface area (Å²) >= 11 is -0.854. The highest BCUT2D eigenvalue weighted by Crippen LogP contribution is 2.33. The normalized spacial score (nSPS) is 21.9. The van der Waals surface area contributed by atoms with Crippen LogP contribution in [-0.4, -0.2) is 67.0 Å². The maximum Gasteiger partial charge on any atom is 0.183 e. The molecule has 1 aromatic carbocycles. The molecule has 2 aliphatic heterocycles. The molecule has 23 heavy (non-hydrogen) atoms. The first-order chi connectivity index (χ1) is 11.1. The summed E-state index contributed by atoms with van der Waals surface area (Å²) in [5.41, 5.74) is 2.43. The summed E-state index contributed by atoms with van der Waals surface area (Å²) in [5, 5.41) is 0. The van der Waals surface area contributed by atoms with Gasteiger partial charge in [-0.15, -0.1) is 0 Å². The third-order valence-electron chi connectivity index (χ3n) is 5.02. The van der Waals surface area contributed by atoms with Gasteiger partial charge in [-0.25, -0.2) is 0 Å². The van der Waals surface area contributed by atoms with Gasteiger partial charge in [0, 0.05) is 37.9 Å². The van der Waals surface area contributed by atoms with Crippen molar-refractivity contribution in [3.8, 4) is 0 Å². The summed E-state index contributed by atoms with van der Waals surface area (Å²) < 4.78 is 12.1. The smallest absolute Gasteiger partial charge is 0.183 e. The standard InChI is InChI=1S/C18H29N3OS/c1-19(12-13-21-9-4-3-5-10-21)11-8-16-6-7-17-18(14-16)23(22)15-20(17)2/h6-7,14H,3-5,8-13,15H2,1-2H3. The van der Waals surface area contributed by atoms with Crippen LogP contribution in [-0.2, 0) is 17.6 Å². The molecule has 0 radical (unpaired) electrons. The SMILES string of the molecule is CN(CCc1ccc2c(c1)[S+]([O-])CN2C)CCN1CCCCC1. The molecule has 4 nitrogen and oxygen atoms in total. The van der Waals surface area contributed by atoms with E-state index in [1.807, 2.05) is 7.05 Å². The van der Waals surface area contributed by atoms with Crippen LogP contribution < -0.4 is 4.90 Å². The predicted octanol–water partition coefficient (Wildman–Crippen LogP) is 2.16. The van der Waals surface area contributed by atoms with E-state index in [4.69, 9.17) is 0 Å². The second-order valence-corrected chi connectivity index (χ2v) is 8.32. The van der Waals surface area contributed by atoms with Gasteiger partial charge in [0.25, 0.3) is 0 Å². The number of benzene rings is 1. The minimum Gasteiger partial charge on any atom is -0.610 e. The molecule has 1 atom stereocenters. The van der Waals surface area contributed by atoms with Crippen LogP contribution in [0.5, 0.6) is 0 Å². The number of likely N-dealkylation sites (N-methyl/N-ethyl adjacent to an activating group) is 1. The van der Waals surface area contributed by atoms with E-state index in [0.717, 1.165) is 30.1 Å². The van der Waals surface area contributed by atoms with E-state index in [1.54, 1.807) is 0 Å². The quantitative estimate of drug-likeness (QED) is 0.746. The van der Waals surface area contributed by atoms with Gasteiger partial charge >= 0.3 is 0 Å². The zero-order valence-electron chi connectivity index (χ0n) is 14.5. The third-order valence-corrected chi connectivity index (χ3v) is 6.46. The van der Waals surface area contributed by atoms with E-state index in [2.05, 4.69) is 39.9 Å². The predicted molar refractivity (Wildman–Crippen MR) is 97.6 cm³/mol. The van der Waals surface area contributed by atoms with E-state index in [-0.39, 0.29) is 0 Å². The first-order valence-electron chi connectivity index (χ1n) is 8.77. The zero-order chi connectivity index (χ0) is 16.2. The molecule has 2 heterocycles. The van der Waals surface area contributed by atoms with Crippen LogP contribution in [0.15, 0.2) is 23.1 Å². The third kappa shape index (κ3) is 4.41. The fourth-order valence-electron chi connectivity index (χ4n) is 3.45. The number of nitrogens with zero attached hydrogens (tertiary/aromatic N) is 3. The van der Waals surface area contributed by atoms with E-state index in [0.29, 0.717) is 5.88 Å². The number of hydrogen-bond donors (Lipinski definition) is 0. The van der Waals surface area contributed by atoms with Crippen molar-refractivity contribution in [2.24, 2.45) is 0 Å². The molecule has 1 saturated heterocycles. The van der Waals surface area contributed by atoms with Crippen LogP contribution in [0, 0.1) is 0 Å². The van der Waals surface area contributed by atoms with E-state index < -0.39 is 11.2 Å². The molecule has 0 spiro atoms. The second-order valence-electron chi connectivity index (χ2n) is 6.93. The highest BCUT2D eigenvalue weighted by Gasteiger charge is 2.28. The Bertz CT molecular complexity index is 519. The van der Waals surface area contributed by atoms with Gasteiger partial charge in [-0.3, -0.25) is 0 Å². The highest BCUT2D eigenvalue weighted by molar-refractivity contribution is 7.92. The van der Waals surface area contributed by atoms with Gasteiger partial charge in [-0.1, -0.05) is 12.5 Å². The van der Waals surface area contributed by atoms with E-state index in [9.17, 15) is 4.55 Å². The molecule has 0 aliphatic carbocycles. The number of fused-ring (bicyclic) bond motifs is 1. The Kier molecular flexibility index (Phi) is 5.85. The van der Waals surface area contributed by atoms with Gasteiger partial charge < -0.3 is 19.3 Å². The molecule has 2 aliphatic rings. The Labute approximate surface area is 143 Å². The Morgan fingerprint density at radius 3 is 2.74 bits per heavy atom. The summed E-state index contributed by atoms with van der Waals surface area (Å²) in [6.45, 7) is 5.94. The first kappa shape index (κ1) is 17.1. The lowest BCUT2D eigenvalue weighted by atomic mass is 10.1. The minimum absolute atomic E-state index is 0.633. The molecule has 0 N–H and O–H groups in total. The Morgan fingerprint density at radius 2 is 1.96 bits per heavy atom. The first-order valence-corrected chi connectivity index (χ1v) is 10.1. The molecule has 0 amide bonds. The molecule has 128 valence electrons. The fraction of sp³-hybridized carbons (Fsp3) is 0.667. The van der Waals surface area contributed by atoms with Gasteiger partial charge in [0.2, 0.25) is 0 Å². The maximum absolute atomic E-state index is 12.1. The van der Waals surface area contributed by atoms with Crippen molar-refractivity contribution in [3.05, 3.63) is 23.8 Å². The summed E-state index contributed by atoms with van der Waals surface area (Å²) in [4.78, 5) is 8.11. The minimum atomic E-state index is -0.854. The number of anilines is 1. The summed E-state index contributed by atoms with van der Waals surface area (Å²) in [5.74, 6) is 0.633. The topological polar surface area (TPSA) is 32.8 Å². The second kappa shape index (κ2) is 7.88. The van der Waals surface area contributed by atoms with Crippen molar-refractivity contribution in [3.63, 3.8) is 0 Å². The lowest BCUT2D eigenvalue weighted by Gasteiger charge is -2.28. The highest BCUT2D eigenvalue weighted by atomic mass is 32.2. The van der Waals surface area contributed by atoms with Crippen molar-refractivity contribution >= 4 is 16.9 Å². The van der Waals surface area contributed by atoms with Gasteiger partial charge in [0.05, 0.1) is 5.69 Å². The summed E-state index contributed by atoms with van der Waals surface area (Å²) in [6.07, 6.45) is 5.17. The average molecular weight is 336 g/mol. The Hall–Kier alpha value is -0.750. The number of hydrogen-bond acceptors (Lipinski definition) is 4. The maximum atomic E-state index is 12.1. The molecule has 3 rings (SSSR count). The van der Waals surface area contributed by atoms with Crippen LogP contribution in [0.3, 0.4) is 0 Å². The van der Waals surface area contributed by atoms with E-state index in [1.165, 1.54) is 44.5 Å². The van der Waals surface area contributed by atoms with Crippen LogP contribution in [0.25, 0.3) is 0 Å². The monoisotopic (exact) mass is 335 g/mol. The van der Waals surface area contributed by atoms with Crippen molar-refractivity contribution in [2.45, 2.75) is 30.6 Å².